The molecule has 1 aromatic carbocycles. The van der Waals surface area contributed by atoms with E-state index in [4.69, 9.17) is 4.74 Å². The van der Waals surface area contributed by atoms with Gasteiger partial charge in [0.15, 0.2) is 0 Å². The number of hydrogen-bond acceptors (Lipinski definition) is 4. The van der Waals surface area contributed by atoms with Crippen molar-refractivity contribution in [2.75, 3.05) is 51.3 Å². The highest BCUT2D eigenvalue weighted by molar-refractivity contribution is 5.58. The standard InChI is InChI=1S/C23H37N3O/c1-27-23-11-7-6-10-22(23)26-18-16-25(17-19-26)21-12-14-24(15-13-21)20-8-4-2-3-5-9-20/h6-7,10-11,20-21H,2-5,8-9,12-19H2,1H3. The van der Waals surface area contributed by atoms with Crippen LogP contribution in [0.4, 0.5) is 5.69 Å². The average Bonchev–Trinajstić information content (AvgIpc) is 3.04. The Kier molecular flexibility index (Phi) is 6.56. The number of likely N-dealkylation sites (tertiary alicyclic amines) is 1. The fourth-order valence-corrected chi connectivity index (χ4v) is 5.46. The van der Waals surface area contributed by atoms with Crippen LogP contribution in [0.25, 0.3) is 0 Å². The first-order valence-corrected chi connectivity index (χ1v) is 11.2. The van der Waals surface area contributed by atoms with Crippen LogP contribution in [0.15, 0.2) is 24.3 Å². The van der Waals surface area contributed by atoms with E-state index in [0.717, 1.165) is 30.9 Å². The van der Waals surface area contributed by atoms with Gasteiger partial charge in [0.25, 0.3) is 0 Å². The van der Waals surface area contributed by atoms with E-state index in [-0.39, 0.29) is 0 Å². The second-order valence-electron chi connectivity index (χ2n) is 8.61. The van der Waals surface area contributed by atoms with Crippen LogP contribution in [0.5, 0.6) is 5.75 Å². The number of ether oxygens (including phenoxy) is 1. The third-order valence-electron chi connectivity index (χ3n) is 7.10. The number of rotatable bonds is 4. The lowest BCUT2D eigenvalue weighted by Gasteiger charge is -2.45. The van der Waals surface area contributed by atoms with E-state index in [0.29, 0.717) is 0 Å². The Balaban J connectivity index is 1.26. The normalized spacial score (nSPS) is 24.7. The van der Waals surface area contributed by atoms with Crippen LogP contribution < -0.4 is 9.64 Å². The molecule has 0 atom stereocenters. The molecule has 2 heterocycles. The quantitative estimate of drug-likeness (QED) is 0.745. The van der Waals surface area contributed by atoms with Gasteiger partial charge in [0, 0.05) is 38.3 Å². The van der Waals surface area contributed by atoms with Gasteiger partial charge in [-0.15, -0.1) is 0 Å². The van der Waals surface area contributed by atoms with Crippen molar-refractivity contribution in [1.82, 2.24) is 9.80 Å². The maximum Gasteiger partial charge on any atom is 0.142 e. The number of anilines is 1. The Hall–Kier alpha value is -1.26. The molecule has 0 aromatic heterocycles. The van der Waals surface area contributed by atoms with Gasteiger partial charge in [0.05, 0.1) is 12.8 Å². The van der Waals surface area contributed by atoms with Crippen LogP contribution in [0.2, 0.25) is 0 Å². The van der Waals surface area contributed by atoms with Gasteiger partial charge < -0.3 is 14.5 Å². The zero-order valence-electron chi connectivity index (χ0n) is 17.1. The van der Waals surface area contributed by atoms with Crippen LogP contribution in [-0.2, 0) is 0 Å². The summed E-state index contributed by atoms with van der Waals surface area (Å²) >= 11 is 0. The third kappa shape index (κ3) is 4.60. The van der Waals surface area contributed by atoms with Crippen molar-refractivity contribution >= 4 is 5.69 Å². The lowest BCUT2D eigenvalue weighted by atomic mass is 9.98. The first-order chi connectivity index (χ1) is 13.3. The maximum absolute atomic E-state index is 5.56. The first-order valence-electron chi connectivity index (χ1n) is 11.2. The van der Waals surface area contributed by atoms with Gasteiger partial charge in [-0.1, -0.05) is 37.8 Å². The predicted molar refractivity (Wildman–Crippen MR) is 113 cm³/mol. The van der Waals surface area contributed by atoms with E-state index in [1.807, 2.05) is 0 Å². The Bertz CT molecular complexity index is 569. The highest BCUT2D eigenvalue weighted by Gasteiger charge is 2.30. The number of piperazine rings is 1. The summed E-state index contributed by atoms with van der Waals surface area (Å²) in [7, 11) is 1.77. The molecule has 3 aliphatic rings. The van der Waals surface area contributed by atoms with Gasteiger partial charge in [-0.25, -0.2) is 0 Å². The number of hydrogen-bond donors (Lipinski definition) is 0. The summed E-state index contributed by atoms with van der Waals surface area (Å²) in [6, 6.07) is 10.1. The summed E-state index contributed by atoms with van der Waals surface area (Å²) in [6.07, 6.45) is 11.5. The predicted octanol–water partition coefficient (Wildman–Crippen LogP) is 4.00. The van der Waals surface area contributed by atoms with Gasteiger partial charge in [-0.3, -0.25) is 4.90 Å². The smallest absolute Gasteiger partial charge is 0.142 e. The molecular weight excluding hydrogens is 334 g/mol. The zero-order valence-corrected chi connectivity index (χ0v) is 17.1. The highest BCUT2D eigenvalue weighted by Crippen LogP contribution is 2.30. The molecular formula is C23H37N3O. The fourth-order valence-electron chi connectivity index (χ4n) is 5.46. The molecule has 0 radical (unpaired) electrons. The van der Waals surface area contributed by atoms with E-state index in [1.54, 1.807) is 7.11 Å². The van der Waals surface area contributed by atoms with E-state index in [1.165, 1.54) is 83.2 Å². The van der Waals surface area contributed by atoms with Crippen molar-refractivity contribution in [3.8, 4) is 5.75 Å². The van der Waals surface area contributed by atoms with Crippen molar-refractivity contribution in [2.24, 2.45) is 0 Å². The summed E-state index contributed by atoms with van der Waals surface area (Å²) in [5, 5.41) is 0. The molecule has 1 saturated carbocycles. The van der Waals surface area contributed by atoms with Gasteiger partial charge in [0.1, 0.15) is 5.75 Å². The van der Waals surface area contributed by atoms with E-state index in [9.17, 15) is 0 Å². The topological polar surface area (TPSA) is 19.0 Å². The molecule has 4 heteroatoms. The second-order valence-corrected chi connectivity index (χ2v) is 8.61. The van der Waals surface area contributed by atoms with Crippen LogP contribution in [0.1, 0.15) is 51.4 Å². The molecule has 150 valence electrons. The van der Waals surface area contributed by atoms with E-state index < -0.39 is 0 Å². The molecule has 0 unspecified atom stereocenters. The Morgan fingerprint density at radius 1 is 0.704 bits per heavy atom. The Labute approximate surface area is 165 Å². The minimum Gasteiger partial charge on any atom is -0.495 e. The number of benzene rings is 1. The average molecular weight is 372 g/mol. The molecule has 1 aliphatic carbocycles. The van der Waals surface area contributed by atoms with Crippen LogP contribution >= 0.6 is 0 Å². The monoisotopic (exact) mass is 371 g/mol. The minimum atomic E-state index is 0.798. The lowest BCUT2D eigenvalue weighted by Crippen LogP contribution is -2.54. The van der Waals surface area contributed by atoms with Gasteiger partial charge >= 0.3 is 0 Å². The first kappa shape index (κ1) is 19.1. The molecule has 0 N–H and O–H groups in total. The Morgan fingerprint density at radius 3 is 1.96 bits per heavy atom. The lowest BCUT2D eigenvalue weighted by molar-refractivity contribution is 0.0750. The van der Waals surface area contributed by atoms with Crippen molar-refractivity contribution in [2.45, 2.75) is 63.5 Å². The summed E-state index contributed by atoms with van der Waals surface area (Å²) < 4.78 is 5.56. The molecule has 3 fully saturated rings. The van der Waals surface area contributed by atoms with Crippen LogP contribution in [0.3, 0.4) is 0 Å². The molecule has 0 spiro atoms. The SMILES string of the molecule is COc1ccccc1N1CCN(C2CCN(C3CCCCCC3)CC2)CC1. The largest absolute Gasteiger partial charge is 0.495 e. The zero-order chi connectivity index (χ0) is 18.5. The molecule has 0 amide bonds. The Morgan fingerprint density at radius 2 is 1.30 bits per heavy atom. The van der Waals surface area contributed by atoms with Gasteiger partial charge in [-0.2, -0.15) is 0 Å². The molecule has 2 aliphatic heterocycles. The molecule has 4 rings (SSSR count). The number of nitrogens with zero attached hydrogens (tertiary/aromatic N) is 3. The number of para-hydroxylation sites is 2. The van der Waals surface area contributed by atoms with Gasteiger partial charge in [0.2, 0.25) is 0 Å². The van der Waals surface area contributed by atoms with E-state index >= 15 is 0 Å². The molecule has 2 saturated heterocycles. The fraction of sp³-hybridized carbons (Fsp3) is 0.739. The van der Waals surface area contributed by atoms with Crippen LogP contribution in [-0.4, -0.2) is 68.3 Å². The summed E-state index contributed by atoms with van der Waals surface area (Å²) in [5.41, 5.74) is 1.25. The molecule has 4 nitrogen and oxygen atoms in total. The molecule has 1 aromatic rings. The van der Waals surface area contributed by atoms with Crippen molar-refractivity contribution in [3.63, 3.8) is 0 Å². The van der Waals surface area contributed by atoms with Crippen molar-refractivity contribution < 1.29 is 4.74 Å². The highest BCUT2D eigenvalue weighted by atomic mass is 16.5. The summed E-state index contributed by atoms with van der Waals surface area (Å²) in [6.45, 7) is 7.24. The number of piperidine rings is 1. The maximum atomic E-state index is 5.56. The minimum absolute atomic E-state index is 0.798. The summed E-state index contributed by atoms with van der Waals surface area (Å²) in [4.78, 5) is 8.08. The molecule has 0 bridgehead atoms. The van der Waals surface area contributed by atoms with Gasteiger partial charge in [-0.05, 0) is 50.9 Å². The van der Waals surface area contributed by atoms with E-state index in [2.05, 4.69) is 39.0 Å². The van der Waals surface area contributed by atoms with Crippen molar-refractivity contribution in [3.05, 3.63) is 24.3 Å². The third-order valence-corrected chi connectivity index (χ3v) is 7.10. The summed E-state index contributed by atoms with van der Waals surface area (Å²) in [5.74, 6) is 1.00. The second kappa shape index (κ2) is 9.29. The van der Waals surface area contributed by atoms with Crippen molar-refractivity contribution in [1.29, 1.82) is 0 Å². The number of methoxy groups -OCH3 is 1. The van der Waals surface area contributed by atoms with Crippen LogP contribution in [0, 0.1) is 0 Å². The molecule has 27 heavy (non-hydrogen) atoms.